The van der Waals surface area contributed by atoms with Gasteiger partial charge in [-0.05, 0) is 0 Å². The number of ketones is 1. The lowest BCUT2D eigenvalue weighted by atomic mass is 10.1. The van der Waals surface area contributed by atoms with Crippen LogP contribution in [0.1, 0.15) is 0 Å². The minimum Gasteiger partial charge on any atom is -0.375 e. The van der Waals surface area contributed by atoms with Gasteiger partial charge in [0.2, 0.25) is 0 Å². The van der Waals surface area contributed by atoms with Gasteiger partial charge in [0, 0.05) is 14.2 Å². The molecule has 4 nitrogen and oxygen atoms in total. The van der Waals surface area contributed by atoms with E-state index in [9.17, 15) is 4.79 Å². The van der Waals surface area contributed by atoms with Crippen LogP contribution in [0.2, 0.25) is 0 Å². The van der Waals surface area contributed by atoms with E-state index in [4.69, 9.17) is 14.2 Å². The third-order valence-corrected chi connectivity index (χ3v) is 2.79. The molecule has 3 unspecified atom stereocenters. The normalized spacial score (nSPS) is 36.9. The van der Waals surface area contributed by atoms with Crippen LogP contribution in [0.3, 0.4) is 0 Å². The molecule has 0 bridgehead atoms. The molecule has 0 aromatic rings. The van der Waals surface area contributed by atoms with Crippen molar-refractivity contribution in [3.8, 4) is 0 Å². The van der Waals surface area contributed by atoms with Gasteiger partial charge in [0.15, 0.2) is 12.1 Å². The molecular weight excluding hydrogens is 228 g/mol. The van der Waals surface area contributed by atoms with E-state index in [0.29, 0.717) is 0 Å². The van der Waals surface area contributed by atoms with E-state index < -0.39 is 6.29 Å². The number of hydrogen-bond acceptors (Lipinski definition) is 4. The van der Waals surface area contributed by atoms with Crippen molar-refractivity contribution in [3.05, 3.63) is 0 Å². The largest absolute Gasteiger partial charge is 0.375 e. The van der Waals surface area contributed by atoms with Crippen LogP contribution in [-0.2, 0) is 19.0 Å². The van der Waals surface area contributed by atoms with Crippen LogP contribution in [0.15, 0.2) is 0 Å². The first-order valence-electron chi connectivity index (χ1n) is 3.54. The van der Waals surface area contributed by atoms with E-state index in [1.54, 1.807) is 0 Å². The second kappa shape index (κ2) is 4.32. The number of halogens is 1. The molecule has 0 N–H and O–H groups in total. The van der Waals surface area contributed by atoms with Crippen LogP contribution in [-0.4, -0.2) is 43.8 Å². The molecule has 0 aliphatic carbocycles. The topological polar surface area (TPSA) is 44.8 Å². The van der Waals surface area contributed by atoms with Gasteiger partial charge in [0.25, 0.3) is 0 Å². The lowest BCUT2D eigenvalue weighted by molar-refractivity contribution is -0.204. The monoisotopic (exact) mass is 238 g/mol. The smallest absolute Gasteiger partial charge is 0.185 e. The maximum absolute atomic E-state index is 11.1. The first kappa shape index (κ1) is 10.1. The van der Waals surface area contributed by atoms with Gasteiger partial charge in [0.1, 0.15) is 17.5 Å². The molecule has 3 atom stereocenters. The molecule has 12 heavy (non-hydrogen) atoms. The summed E-state index contributed by atoms with van der Waals surface area (Å²) in [5, 5.41) is 0. The minimum absolute atomic E-state index is 0.0184. The first-order chi connectivity index (χ1) is 5.70. The summed E-state index contributed by atoms with van der Waals surface area (Å²) in [5.41, 5.74) is 0. The van der Waals surface area contributed by atoms with Crippen molar-refractivity contribution in [2.75, 3.05) is 20.8 Å². The van der Waals surface area contributed by atoms with Gasteiger partial charge in [-0.1, -0.05) is 15.9 Å². The number of rotatable bonds is 2. The Hall–Kier alpha value is 0.0300. The zero-order valence-electron chi connectivity index (χ0n) is 6.95. The van der Waals surface area contributed by atoms with E-state index in [1.165, 1.54) is 14.2 Å². The summed E-state index contributed by atoms with van der Waals surface area (Å²) in [6, 6.07) is 0. The van der Waals surface area contributed by atoms with Crippen molar-refractivity contribution in [2.45, 2.75) is 17.2 Å². The molecule has 0 amide bonds. The van der Waals surface area contributed by atoms with Crippen LogP contribution in [0.5, 0.6) is 0 Å². The van der Waals surface area contributed by atoms with Gasteiger partial charge in [-0.25, -0.2) is 0 Å². The van der Waals surface area contributed by atoms with Crippen molar-refractivity contribution < 1.29 is 19.0 Å². The van der Waals surface area contributed by atoms with Crippen molar-refractivity contribution in [1.82, 2.24) is 0 Å². The van der Waals surface area contributed by atoms with Crippen LogP contribution >= 0.6 is 15.9 Å². The fourth-order valence-corrected chi connectivity index (χ4v) is 1.69. The van der Waals surface area contributed by atoms with Crippen molar-refractivity contribution >= 4 is 21.7 Å². The van der Waals surface area contributed by atoms with Gasteiger partial charge >= 0.3 is 0 Å². The average molecular weight is 239 g/mol. The van der Waals surface area contributed by atoms with Crippen molar-refractivity contribution in [1.29, 1.82) is 0 Å². The molecule has 0 spiro atoms. The number of carbonyl (C=O) groups excluding carboxylic acids is 1. The molecule has 0 radical (unpaired) electrons. The Balaban J connectivity index is 2.64. The summed E-state index contributed by atoms with van der Waals surface area (Å²) in [5.74, 6) is -0.0184. The highest BCUT2D eigenvalue weighted by molar-refractivity contribution is 9.10. The zero-order chi connectivity index (χ0) is 9.14. The summed E-state index contributed by atoms with van der Waals surface area (Å²) < 4.78 is 15.1. The fourth-order valence-electron chi connectivity index (χ4n) is 1.09. The highest BCUT2D eigenvalue weighted by atomic mass is 79.9. The number of methoxy groups -OCH3 is 2. The number of ether oxygens (including phenoxy) is 3. The minimum atomic E-state index is -0.461. The van der Waals surface area contributed by atoms with Gasteiger partial charge in [0.05, 0.1) is 0 Å². The summed E-state index contributed by atoms with van der Waals surface area (Å²) >= 11 is 3.23. The Kier molecular flexibility index (Phi) is 3.64. The van der Waals surface area contributed by atoms with E-state index in [1.807, 2.05) is 0 Å². The van der Waals surface area contributed by atoms with Crippen molar-refractivity contribution in [2.24, 2.45) is 0 Å². The molecule has 70 valence electrons. The maximum atomic E-state index is 11.1. The van der Waals surface area contributed by atoms with Gasteiger partial charge in [-0.3, -0.25) is 4.79 Å². The Morgan fingerprint density at radius 3 is 2.67 bits per heavy atom. The quantitative estimate of drug-likeness (QED) is 0.651. The molecule has 1 fully saturated rings. The predicted molar refractivity (Wildman–Crippen MR) is 45.3 cm³/mol. The highest BCUT2D eigenvalue weighted by Gasteiger charge is 2.38. The number of Topliss-reactive ketones (excluding diaryl/α,β-unsaturated/α-hetero) is 1. The van der Waals surface area contributed by atoms with Gasteiger partial charge < -0.3 is 14.2 Å². The molecule has 0 saturated carbocycles. The summed E-state index contributed by atoms with van der Waals surface area (Å²) in [4.78, 5) is 10.8. The third-order valence-electron chi connectivity index (χ3n) is 1.76. The molecular formula is C7H11BrO4. The molecule has 0 aromatic heterocycles. The summed E-state index contributed by atoms with van der Waals surface area (Å²) in [6.45, 7) is 0.0777. The van der Waals surface area contributed by atoms with E-state index in [-0.39, 0.29) is 23.3 Å². The molecule has 0 aromatic carbocycles. The predicted octanol–water partition coefficient (Wildman–Crippen LogP) is 0.337. The Morgan fingerprint density at radius 2 is 2.17 bits per heavy atom. The van der Waals surface area contributed by atoms with Crippen LogP contribution in [0, 0.1) is 0 Å². The van der Waals surface area contributed by atoms with E-state index >= 15 is 0 Å². The lowest BCUT2D eigenvalue weighted by Crippen LogP contribution is -2.49. The lowest BCUT2D eigenvalue weighted by Gasteiger charge is -2.31. The summed E-state index contributed by atoms with van der Waals surface area (Å²) in [7, 11) is 3.04. The number of carbonyl (C=O) groups is 1. The standard InChI is InChI=1S/C7H11BrO4/c1-10-6-5(8)4(9)3-12-7(6)11-2/h5-7H,3H2,1-2H3. The average Bonchev–Trinajstić information content (AvgIpc) is 2.09. The van der Waals surface area contributed by atoms with Crippen molar-refractivity contribution in [3.63, 3.8) is 0 Å². The molecule has 1 rings (SSSR count). The SMILES string of the molecule is COC1OCC(=O)C(Br)C1OC. The number of alkyl halides is 1. The molecule has 1 heterocycles. The second-order valence-electron chi connectivity index (χ2n) is 2.48. The molecule has 5 heteroatoms. The zero-order valence-corrected chi connectivity index (χ0v) is 8.54. The maximum Gasteiger partial charge on any atom is 0.185 e. The van der Waals surface area contributed by atoms with Crippen LogP contribution < -0.4 is 0 Å². The first-order valence-corrected chi connectivity index (χ1v) is 4.46. The van der Waals surface area contributed by atoms with E-state index in [2.05, 4.69) is 15.9 Å². The molecule has 1 aliphatic heterocycles. The van der Waals surface area contributed by atoms with Crippen LogP contribution in [0.25, 0.3) is 0 Å². The second-order valence-corrected chi connectivity index (χ2v) is 3.47. The van der Waals surface area contributed by atoms with Gasteiger partial charge in [-0.15, -0.1) is 0 Å². The van der Waals surface area contributed by atoms with E-state index in [0.717, 1.165) is 0 Å². The Bertz CT molecular complexity index is 173. The fraction of sp³-hybridized carbons (Fsp3) is 0.857. The third kappa shape index (κ3) is 1.85. The number of hydrogen-bond donors (Lipinski definition) is 0. The summed E-state index contributed by atoms with van der Waals surface area (Å²) in [6.07, 6.45) is -0.826. The molecule has 1 aliphatic rings. The van der Waals surface area contributed by atoms with Gasteiger partial charge in [-0.2, -0.15) is 0 Å². The van der Waals surface area contributed by atoms with Crippen LogP contribution in [0.4, 0.5) is 0 Å². The Labute approximate surface area is 79.3 Å². The molecule has 1 saturated heterocycles. The highest BCUT2D eigenvalue weighted by Crippen LogP contribution is 2.21. The Morgan fingerprint density at radius 1 is 1.50 bits per heavy atom.